The summed E-state index contributed by atoms with van der Waals surface area (Å²) < 4.78 is 11.0. The SMILES string of the molecule is CCCCCCCCCCCCCCCCc1cccc(OCC2CO2)c1. The van der Waals surface area contributed by atoms with Crippen LogP contribution in [0.25, 0.3) is 0 Å². The van der Waals surface area contributed by atoms with Crippen molar-refractivity contribution >= 4 is 0 Å². The van der Waals surface area contributed by atoms with E-state index in [1.807, 2.05) is 0 Å². The Hall–Kier alpha value is -1.02. The van der Waals surface area contributed by atoms with Gasteiger partial charge in [-0.15, -0.1) is 0 Å². The van der Waals surface area contributed by atoms with Gasteiger partial charge in [0.05, 0.1) is 6.61 Å². The van der Waals surface area contributed by atoms with E-state index >= 15 is 0 Å². The van der Waals surface area contributed by atoms with Gasteiger partial charge in [0.25, 0.3) is 0 Å². The van der Waals surface area contributed by atoms with Crippen LogP contribution in [-0.2, 0) is 11.2 Å². The molecule has 1 aliphatic rings. The molecule has 1 aliphatic heterocycles. The first kappa shape index (κ1) is 22.3. The molecule has 0 aliphatic carbocycles. The van der Waals surface area contributed by atoms with Crippen LogP contribution in [0.5, 0.6) is 5.75 Å². The van der Waals surface area contributed by atoms with E-state index in [0.29, 0.717) is 12.7 Å². The lowest BCUT2D eigenvalue weighted by Crippen LogP contribution is -2.04. The van der Waals surface area contributed by atoms with Gasteiger partial charge in [-0.25, -0.2) is 0 Å². The smallest absolute Gasteiger partial charge is 0.119 e. The largest absolute Gasteiger partial charge is 0.491 e. The van der Waals surface area contributed by atoms with Crippen molar-refractivity contribution < 1.29 is 9.47 Å². The zero-order valence-electron chi connectivity index (χ0n) is 17.7. The number of hydrogen-bond acceptors (Lipinski definition) is 2. The molecule has 1 atom stereocenters. The van der Waals surface area contributed by atoms with Crippen molar-refractivity contribution in [2.75, 3.05) is 13.2 Å². The first-order chi connectivity index (χ1) is 13.4. The first-order valence-corrected chi connectivity index (χ1v) is 11.7. The van der Waals surface area contributed by atoms with E-state index in [-0.39, 0.29) is 0 Å². The predicted octanol–water partition coefficient (Wildman–Crippen LogP) is 7.49. The summed E-state index contributed by atoms with van der Waals surface area (Å²) >= 11 is 0. The molecule has 2 rings (SSSR count). The van der Waals surface area contributed by atoms with Gasteiger partial charge in [0.2, 0.25) is 0 Å². The Morgan fingerprint density at radius 3 is 1.93 bits per heavy atom. The summed E-state index contributed by atoms with van der Waals surface area (Å²) in [6.07, 6.45) is 21.4. The van der Waals surface area contributed by atoms with Crippen LogP contribution in [0.3, 0.4) is 0 Å². The van der Waals surface area contributed by atoms with Crippen LogP contribution < -0.4 is 4.74 Å². The minimum absolute atomic E-state index is 0.333. The molecular weight excluding hydrogens is 332 g/mol. The number of benzene rings is 1. The summed E-state index contributed by atoms with van der Waals surface area (Å²) in [5, 5.41) is 0. The third kappa shape index (κ3) is 12.1. The molecule has 0 bridgehead atoms. The number of unbranched alkanes of at least 4 members (excludes halogenated alkanes) is 13. The molecule has 1 fully saturated rings. The van der Waals surface area contributed by atoms with Crippen LogP contribution in [0.4, 0.5) is 0 Å². The van der Waals surface area contributed by atoms with Gasteiger partial charge in [-0.3, -0.25) is 0 Å². The monoisotopic (exact) mass is 374 g/mol. The first-order valence-electron chi connectivity index (χ1n) is 11.7. The summed E-state index contributed by atoms with van der Waals surface area (Å²) in [7, 11) is 0. The standard InChI is InChI=1S/C25H42O2/c1-2-3-4-5-6-7-8-9-10-11-12-13-14-15-17-23-18-16-19-24(20-23)26-21-25-22-27-25/h16,18-20,25H,2-15,17,21-22H2,1H3. The van der Waals surface area contributed by atoms with E-state index in [9.17, 15) is 0 Å². The molecule has 0 saturated carbocycles. The molecule has 0 N–H and O–H groups in total. The van der Waals surface area contributed by atoms with Crippen LogP contribution >= 0.6 is 0 Å². The fourth-order valence-corrected chi connectivity index (χ4v) is 3.67. The van der Waals surface area contributed by atoms with Gasteiger partial charge in [-0.1, -0.05) is 103 Å². The number of rotatable bonds is 18. The van der Waals surface area contributed by atoms with E-state index in [4.69, 9.17) is 9.47 Å². The average Bonchev–Trinajstić information content (AvgIpc) is 3.51. The maximum absolute atomic E-state index is 5.77. The second kappa shape index (κ2) is 15.0. The Balaban J connectivity index is 1.35. The molecule has 1 aromatic carbocycles. The summed E-state index contributed by atoms with van der Waals surface area (Å²) in [6.45, 7) is 3.85. The van der Waals surface area contributed by atoms with Crippen molar-refractivity contribution in [1.29, 1.82) is 0 Å². The Kier molecular flexibility index (Phi) is 12.3. The van der Waals surface area contributed by atoms with Gasteiger partial charge < -0.3 is 9.47 Å². The third-order valence-corrected chi connectivity index (χ3v) is 5.56. The van der Waals surface area contributed by atoms with Crippen molar-refractivity contribution in [3.8, 4) is 5.75 Å². The minimum Gasteiger partial charge on any atom is -0.491 e. The Bertz CT molecular complexity index is 467. The van der Waals surface area contributed by atoms with E-state index in [0.717, 1.165) is 12.4 Å². The van der Waals surface area contributed by atoms with Gasteiger partial charge in [-0.2, -0.15) is 0 Å². The highest BCUT2D eigenvalue weighted by atomic mass is 16.6. The van der Waals surface area contributed by atoms with Gasteiger partial charge in [0.15, 0.2) is 0 Å². The maximum atomic E-state index is 5.77. The second-order valence-corrected chi connectivity index (χ2v) is 8.26. The molecule has 2 nitrogen and oxygen atoms in total. The van der Waals surface area contributed by atoms with E-state index in [2.05, 4.69) is 31.2 Å². The van der Waals surface area contributed by atoms with E-state index in [1.54, 1.807) is 0 Å². The average molecular weight is 375 g/mol. The molecule has 1 unspecified atom stereocenters. The fraction of sp³-hybridized carbons (Fsp3) is 0.760. The Morgan fingerprint density at radius 1 is 0.815 bits per heavy atom. The molecule has 0 amide bonds. The second-order valence-electron chi connectivity index (χ2n) is 8.26. The molecule has 154 valence electrons. The van der Waals surface area contributed by atoms with Gasteiger partial charge >= 0.3 is 0 Å². The van der Waals surface area contributed by atoms with Crippen LogP contribution in [0.2, 0.25) is 0 Å². The molecule has 1 heterocycles. The molecule has 27 heavy (non-hydrogen) atoms. The molecule has 0 radical (unpaired) electrons. The Labute approximate surface area is 168 Å². The molecule has 1 saturated heterocycles. The van der Waals surface area contributed by atoms with Crippen molar-refractivity contribution in [3.05, 3.63) is 29.8 Å². The van der Waals surface area contributed by atoms with Crippen LogP contribution in [0, 0.1) is 0 Å². The predicted molar refractivity (Wildman–Crippen MR) is 116 cm³/mol. The highest BCUT2D eigenvalue weighted by Gasteiger charge is 2.22. The van der Waals surface area contributed by atoms with Crippen LogP contribution in [-0.4, -0.2) is 19.3 Å². The quantitative estimate of drug-likeness (QED) is 0.196. The molecule has 0 spiro atoms. The highest BCUT2D eigenvalue weighted by molar-refractivity contribution is 5.28. The fourth-order valence-electron chi connectivity index (χ4n) is 3.67. The minimum atomic E-state index is 0.333. The summed E-state index contributed by atoms with van der Waals surface area (Å²) in [5.41, 5.74) is 1.41. The number of epoxide rings is 1. The van der Waals surface area contributed by atoms with Crippen molar-refractivity contribution in [1.82, 2.24) is 0 Å². The van der Waals surface area contributed by atoms with E-state index in [1.165, 1.54) is 102 Å². The van der Waals surface area contributed by atoms with Crippen LogP contribution in [0.1, 0.15) is 102 Å². The zero-order valence-corrected chi connectivity index (χ0v) is 17.7. The Morgan fingerprint density at radius 2 is 1.37 bits per heavy atom. The normalized spacial score (nSPS) is 15.8. The molecular formula is C25H42O2. The lowest BCUT2D eigenvalue weighted by Gasteiger charge is -2.07. The molecule has 1 aromatic rings. The third-order valence-electron chi connectivity index (χ3n) is 5.56. The lowest BCUT2D eigenvalue weighted by atomic mass is 10.0. The maximum Gasteiger partial charge on any atom is 0.119 e. The summed E-state index contributed by atoms with van der Waals surface area (Å²) in [6, 6.07) is 8.59. The number of hydrogen-bond donors (Lipinski definition) is 0. The van der Waals surface area contributed by atoms with E-state index < -0.39 is 0 Å². The summed E-state index contributed by atoms with van der Waals surface area (Å²) in [4.78, 5) is 0. The van der Waals surface area contributed by atoms with Gasteiger partial charge in [0, 0.05) is 0 Å². The topological polar surface area (TPSA) is 21.8 Å². The molecule has 0 aromatic heterocycles. The molecule has 2 heteroatoms. The van der Waals surface area contributed by atoms with Crippen molar-refractivity contribution in [3.63, 3.8) is 0 Å². The summed E-state index contributed by atoms with van der Waals surface area (Å²) in [5.74, 6) is 0.994. The lowest BCUT2D eigenvalue weighted by molar-refractivity contribution is 0.263. The highest BCUT2D eigenvalue weighted by Crippen LogP contribution is 2.19. The van der Waals surface area contributed by atoms with Crippen molar-refractivity contribution in [2.45, 2.75) is 109 Å². The zero-order chi connectivity index (χ0) is 19.0. The number of aryl methyl sites for hydroxylation is 1. The van der Waals surface area contributed by atoms with Crippen LogP contribution in [0.15, 0.2) is 24.3 Å². The van der Waals surface area contributed by atoms with Gasteiger partial charge in [-0.05, 0) is 30.5 Å². The van der Waals surface area contributed by atoms with Crippen molar-refractivity contribution in [2.24, 2.45) is 0 Å². The van der Waals surface area contributed by atoms with Gasteiger partial charge in [0.1, 0.15) is 18.5 Å². The number of ether oxygens (including phenoxy) is 2.